The average molecular weight is 345 g/mol. The van der Waals surface area contributed by atoms with Crippen LogP contribution in [0.3, 0.4) is 0 Å². The number of hydrogen-bond acceptors (Lipinski definition) is 5. The van der Waals surface area contributed by atoms with Gasteiger partial charge in [-0.25, -0.2) is 4.98 Å². The Bertz CT molecular complexity index is 1120. The van der Waals surface area contributed by atoms with Crippen molar-refractivity contribution < 1.29 is 14.2 Å². The van der Waals surface area contributed by atoms with Gasteiger partial charge in [-0.1, -0.05) is 18.2 Å². The standard InChI is InChI=1S/C20H15N3O3/c1-24-17-9-14(10-18-19(17)26-12-25-18)20-21-6-7-23(20)15-8-13-4-2-3-5-16(13)22-11-15/h2-11H,12H2,1H3. The molecule has 2 aromatic carbocycles. The van der Waals surface area contributed by atoms with Gasteiger partial charge in [0.25, 0.3) is 0 Å². The van der Waals surface area contributed by atoms with E-state index in [1.54, 1.807) is 13.3 Å². The van der Waals surface area contributed by atoms with Crippen LogP contribution in [0.15, 0.2) is 61.1 Å². The molecule has 1 aliphatic heterocycles. The Morgan fingerprint density at radius 3 is 2.92 bits per heavy atom. The normalized spacial score (nSPS) is 12.5. The number of aromatic nitrogens is 3. The number of imidazole rings is 1. The Balaban J connectivity index is 1.65. The molecule has 128 valence electrons. The fourth-order valence-corrected chi connectivity index (χ4v) is 3.18. The van der Waals surface area contributed by atoms with Crippen LogP contribution in [0.25, 0.3) is 28.0 Å². The summed E-state index contributed by atoms with van der Waals surface area (Å²) in [6, 6.07) is 13.9. The maximum Gasteiger partial charge on any atom is 0.231 e. The topological polar surface area (TPSA) is 58.4 Å². The summed E-state index contributed by atoms with van der Waals surface area (Å²) in [4.78, 5) is 9.07. The molecule has 26 heavy (non-hydrogen) atoms. The Hall–Kier alpha value is -3.54. The van der Waals surface area contributed by atoms with Gasteiger partial charge in [0.05, 0.1) is 24.5 Å². The van der Waals surface area contributed by atoms with Gasteiger partial charge in [0, 0.05) is 23.3 Å². The predicted octanol–water partition coefficient (Wildman–Crippen LogP) is 3.82. The second-order valence-corrected chi connectivity index (χ2v) is 5.92. The minimum absolute atomic E-state index is 0.193. The summed E-state index contributed by atoms with van der Waals surface area (Å²) < 4.78 is 18.4. The van der Waals surface area contributed by atoms with Crippen molar-refractivity contribution in [3.05, 3.63) is 61.1 Å². The molecule has 0 aliphatic carbocycles. The number of methoxy groups -OCH3 is 1. The summed E-state index contributed by atoms with van der Waals surface area (Å²) in [6.07, 6.45) is 5.53. The molecule has 5 rings (SSSR count). The largest absolute Gasteiger partial charge is 0.493 e. The van der Waals surface area contributed by atoms with Gasteiger partial charge in [0.15, 0.2) is 11.5 Å². The Morgan fingerprint density at radius 2 is 2.00 bits per heavy atom. The molecule has 0 saturated heterocycles. The van der Waals surface area contributed by atoms with E-state index in [9.17, 15) is 0 Å². The highest BCUT2D eigenvalue weighted by Gasteiger charge is 2.22. The lowest BCUT2D eigenvalue weighted by Gasteiger charge is -2.11. The van der Waals surface area contributed by atoms with Crippen molar-refractivity contribution >= 4 is 10.9 Å². The van der Waals surface area contributed by atoms with Crippen molar-refractivity contribution in [3.8, 4) is 34.3 Å². The Kier molecular flexibility index (Phi) is 3.28. The summed E-state index contributed by atoms with van der Waals surface area (Å²) in [6.45, 7) is 0.193. The molecule has 0 bridgehead atoms. The second-order valence-electron chi connectivity index (χ2n) is 5.92. The summed E-state index contributed by atoms with van der Waals surface area (Å²) in [7, 11) is 1.61. The zero-order valence-corrected chi connectivity index (χ0v) is 14.0. The number of para-hydroxylation sites is 1. The first-order valence-corrected chi connectivity index (χ1v) is 8.20. The molecule has 2 aromatic heterocycles. The molecule has 6 heteroatoms. The van der Waals surface area contributed by atoms with Gasteiger partial charge in [-0.3, -0.25) is 9.55 Å². The maximum atomic E-state index is 5.53. The fraction of sp³-hybridized carbons (Fsp3) is 0.100. The van der Waals surface area contributed by atoms with Gasteiger partial charge in [0.2, 0.25) is 12.5 Å². The van der Waals surface area contributed by atoms with E-state index < -0.39 is 0 Å². The van der Waals surface area contributed by atoms with Crippen molar-refractivity contribution in [1.29, 1.82) is 0 Å². The van der Waals surface area contributed by atoms with E-state index in [0.29, 0.717) is 17.2 Å². The Morgan fingerprint density at radius 1 is 1.08 bits per heavy atom. The maximum absolute atomic E-state index is 5.53. The number of benzene rings is 2. The molecule has 0 radical (unpaired) electrons. The number of pyridine rings is 1. The quantitative estimate of drug-likeness (QED) is 0.565. The van der Waals surface area contributed by atoms with Gasteiger partial charge in [-0.2, -0.15) is 0 Å². The van der Waals surface area contributed by atoms with Gasteiger partial charge in [-0.15, -0.1) is 0 Å². The van der Waals surface area contributed by atoms with Crippen molar-refractivity contribution in [2.24, 2.45) is 0 Å². The van der Waals surface area contributed by atoms with Crippen LogP contribution in [0.5, 0.6) is 17.2 Å². The van der Waals surface area contributed by atoms with Crippen LogP contribution in [-0.2, 0) is 0 Å². The van der Waals surface area contributed by atoms with E-state index in [1.807, 2.05) is 53.4 Å². The molecule has 0 N–H and O–H groups in total. The van der Waals surface area contributed by atoms with Gasteiger partial charge in [-0.05, 0) is 24.3 Å². The summed E-state index contributed by atoms with van der Waals surface area (Å²) in [5, 5.41) is 1.08. The van der Waals surface area contributed by atoms with E-state index in [-0.39, 0.29) is 6.79 Å². The predicted molar refractivity (Wildman–Crippen MR) is 97.0 cm³/mol. The minimum atomic E-state index is 0.193. The molecular weight excluding hydrogens is 330 g/mol. The van der Waals surface area contributed by atoms with E-state index in [1.165, 1.54) is 0 Å². The molecule has 0 saturated carbocycles. The van der Waals surface area contributed by atoms with Gasteiger partial charge < -0.3 is 14.2 Å². The molecule has 0 amide bonds. The van der Waals surface area contributed by atoms with Crippen molar-refractivity contribution in [2.45, 2.75) is 0 Å². The molecular formula is C20H15N3O3. The number of rotatable bonds is 3. The molecule has 4 aromatic rings. The number of nitrogens with zero attached hydrogens (tertiary/aromatic N) is 3. The van der Waals surface area contributed by atoms with Crippen LogP contribution in [0.1, 0.15) is 0 Å². The average Bonchev–Trinajstić information content (AvgIpc) is 3.36. The van der Waals surface area contributed by atoms with E-state index in [0.717, 1.165) is 28.0 Å². The van der Waals surface area contributed by atoms with Gasteiger partial charge in [0.1, 0.15) is 5.82 Å². The minimum Gasteiger partial charge on any atom is -0.493 e. The third-order valence-corrected chi connectivity index (χ3v) is 4.41. The lowest BCUT2D eigenvalue weighted by atomic mass is 10.1. The first-order chi connectivity index (χ1) is 12.8. The monoisotopic (exact) mass is 345 g/mol. The van der Waals surface area contributed by atoms with Crippen LogP contribution in [0, 0.1) is 0 Å². The van der Waals surface area contributed by atoms with E-state index in [2.05, 4.69) is 16.0 Å². The first-order valence-electron chi connectivity index (χ1n) is 8.20. The first kappa shape index (κ1) is 14.8. The molecule has 0 atom stereocenters. The van der Waals surface area contributed by atoms with Crippen molar-refractivity contribution in [2.75, 3.05) is 13.9 Å². The molecule has 0 spiro atoms. The van der Waals surface area contributed by atoms with E-state index >= 15 is 0 Å². The van der Waals surface area contributed by atoms with Crippen molar-refractivity contribution in [1.82, 2.24) is 14.5 Å². The third kappa shape index (κ3) is 2.27. The van der Waals surface area contributed by atoms with Crippen molar-refractivity contribution in [3.63, 3.8) is 0 Å². The summed E-state index contributed by atoms with van der Waals surface area (Å²) in [5.41, 5.74) is 2.78. The highest BCUT2D eigenvalue weighted by molar-refractivity contribution is 5.80. The second kappa shape index (κ2) is 5.77. The van der Waals surface area contributed by atoms with Crippen LogP contribution >= 0.6 is 0 Å². The lowest BCUT2D eigenvalue weighted by molar-refractivity contribution is 0.171. The van der Waals surface area contributed by atoms with Gasteiger partial charge >= 0.3 is 0 Å². The highest BCUT2D eigenvalue weighted by atomic mass is 16.7. The number of ether oxygens (including phenoxy) is 3. The van der Waals surface area contributed by atoms with Crippen LogP contribution in [0.4, 0.5) is 0 Å². The number of fused-ring (bicyclic) bond motifs is 2. The molecule has 3 heterocycles. The van der Waals surface area contributed by atoms with Crippen LogP contribution in [-0.4, -0.2) is 28.4 Å². The van der Waals surface area contributed by atoms with E-state index in [4.69, 9.17) is 14.2 Å². The zero-order valence-electron chi connectivity index (χ0n) is 14.0. The smallest absolute Gasteiger partial charge is 0.231 e. The molecule has 1 aliphatic rings. The van der Waals surface area contributed by atoms with Crippen LogP contribution in [0.2, 0.25) is 0 Å². The molecule has 6 nitrogen and oxygen atoms in total. The van der Waals surface area contributed by atoms with Crippen LogP contribution < -0.4 is 14.2 Å². The number of hydrogen-bond donors (Lipinski definition) is 0. The zero-order chi connectivity index (χ0) is 17.5. The SMILES string of the molecule is COc1cc(-c2nccn2-c2cnc3ccccc3c2)cc2c1OCO2. The highest BCUT2D eigenvalue weighted by Crippen LogP contribution is 2.44. The lowest BCUT2D eigenvalue weighted by Crippen LogP contribution is -1.98. The Labute approximate surface area is 149 Å². The third-order valence-electron chi connectivity index (χ3n) is 4.41. The summed E-state index contributed by atoms with van der Waals surface area (Å²) >= 11 is 0. The fourth-order valence-electron chi connectivity index (χ4n) is 3.18. The summed E-state index contributed by atoms with van der Waals surface area (Å²) in [5.74, 6) is 2.69. The molecule has 0 unspecified atom stereocenters. The molecule has 0 fully saturated rings.